The molecule has 1 aromatic rings. The fourth-order valence-electron chi connectivity index (χ4n) is 3.82. The van der Waals surface area contributed by atoms with Crippen LogP contribution in [0.25, 0.3) is 0 Å². The van der Waals surface area contributed by atoms with Crippen LogP contribution in [-0.2, 0) is 9.59 Å². The van der Waals surface area contributed by atoms with Gasteiger partial charge in [-0.15, -0.1) is 0 Å². The number of fused-ring (bicyclic) bond motifs is 5. The number of non-ortho nitro benzene ring substituents is 1. The summed E-state index contributed by atoms with van der Waals surface area (Å²) in [5.41, 5.74) is 3.01. The smallest absolute Gasteiger partial charge is 0.269 e. The number of nitrogens with one attached hydrogen (secondary N) is 1. The molecule has 0 radical (unpaired) electrons. The standard InChI is InChI=1S/C15H13N3O4/c19-14-12-8-1-2-9(7-8)13(12)15(20)17(16-14)10-3-5-11(6-4-10)18(21)22/h1-6,8-9,12-13H,7H2,(H,16,19). The van der Waals surface area contributed by atoms with Crippen LogP contribution in [0, 0.1) is 33.8 Å². The van der Waals surface area contributed by atoms with Crippen molar-refractivity contribution < 1.29 is 14.5 Å². The zero-order chi connectivity index (χ0) is 15.4. The van der Waals surface area contributed by atoms with Gasteiger partial charge in [-0.2, -0.15) is 0 Å². The largest absolute Gasteiger partial charge is 0.273 e. The van der Waals surface area contributed by atoms with E-state index in [0.29, 0.717) is 5.69 Å². The fraction of sp³-hybridized carbons (Fsp3) is 0.333. The zero-order valence-corrected chi connectivity index (χ0v) is 11.5. The maximum absolute atomic E-state index is 12.7. The summed E-state index contributed by atoms with van der Waals surface area (Å²) in [6.07, 6.45) is 4.90. The van der Waals surface area contributed by atoms with Gasteiger partial charge < -0.3 is 0 Å². The Bertz CT molecular complexity index is 712. The normalized spacial score (nSPS) is 32.1. The molecular weight excluding hydrogens is 286 g/mol. The summed E-state index contributed by atoms with van der Waals surface area (Å²) >= 11 is 0. The van der Waals surface area contributed by atoms with Crippen molar-refractivity contribution in [2.24, 2.45) is 23.7 Å². The monoisotopic (exact) mass is 299 g/mol. The molecule has 2 bridgehead atoms. The maximum atomic E-state index is 12.7. The number of nitro benzene ring substituents is 1. The Balaban J connectivity index is 1.66. The highest BCUT2D eigenvalue weighted by atomic mass is 16.6. The molecule has 112 valence electrons. The van der Waals surface area contributed by atoms with Crippen LogP contribution in [0.5, 0.6) is 0 Å². The number of anilines is 1. The lowest BCUT2D eigenvalue weighted by Crippen LogP contribution is -2.60. The Morgan fingerprint density at radius 1 is 1.09 bits per heavy atom. The highest BCUT2D eigenvalue weighted by molar-refractivity contribution is 6.05. The highest BCUT2D eigenvalue weighted by Crippen LogP contribution is 2.50. The first-order valence-corrected chi connectivity index (χ1v) is 7.13. The topological polar surface area (TPSA) is 92.6 Å². The molecule has 1 N–H and O–H groups in total. The number of carbonyl (C=O) groups is 2. The van der Waals surface area contributed by atoms with E-state index in [4.69, 9.17) is 0 Å². The van der Waals surface area contributed by atoms with Gasteiger partial charge >= 0.3 is 0 Å². The number of carbonyl (C=O) groups excluding carboxylic acids is 2. The van der Waals surface area contributed by atoms with E-state index >= 15 is 0 Å². The lowest BCUT2D eigenvalue weighted by Gasteiger charge is -2.37. The number of nitrogens with zero attached hydrogens (tertiary/aromatic N) is 2. The minimum Gasteiger partial charge on any atom is -0.273 e. The first-order valence-electron chi connectivity index (χ1n) is 7.13. The van der Waals surface area contributed by atoms with Crippen molar-refractivity contribution in [1.82, 2.24) is 5.43 Å². The van der Waals surface area contributed by atoms with Crippen molar-refractivity contribution in [3.8, 4) is 0 Å². The zero-order valence-electron chi connectivity index (χ0n) is 11.5. The summed E-state index contributed by atoms with van der Waals surface area (Å²) in [5.74, 6) is -0.627. The van der Waals surface area contributed by atoms with Crippen molar-refractivity contribution in [2.45, 2.75) is 6.42 Å². The van der Waals surface area contributed by atoms with Crippen LogP contribution in [0.3, 0.4) is 0 Å². The van der Waals surface area contributed by atoms with Crippen molar-refractivity contribution >= 4 is 23.2 Å². The lowest BCUT2D eigenvalue weighted by atomic mass is 9.80. The molecule has 7 nitrogen and oxygen atoms in total. The number of benzene rings is 1. The highest BCUT2D eigenvalue weighted by Gasteiger charge is 2.55. The van der Waals surface area contributed by atoms with E-state index in [2.05, 4.69) is 5.43 Å². The number of allylic oxidation sites excluding steroid dienone is 2. The van der Waals surface area contributed by atoms with Crippen molar-refractivity contribution in [2.75, 3.05) is 5.01 Å². The third-order valence-corrected chi connectivity index (χ3v) is 4.81. The number of hydrogen-bond donors (Lipinski definition) is 1. The van der Waals surface area contributed by atoms with Crippen LogP contribution in [-0.4, -0.2) is 16.7 Å². The Hall–Kier alpha value is -2.70. The minimum absolute atomic E-state index is 0.0553. The third-order valence-electron chi connectivity index (χ3n) is 4.81. The van der Waals surface area contributed by atoms with Gasteiger partial charge in [-0.3, -0.25) is 25.1 Å². The van der Waals surface area contributed by atoms with E-state index in [-0.39, 0.29) is 41.2 Å². The second kappa shape index (κ2) is 4.40. The van der Waals surface area contributed by atoms with Gasteiger partial charge in [0.2, 0.25) is 11.8 Å². The fourth-order valence-corrected chi connectivity index (χ4v) is 3.82. The van der Waals surface area contributed by atoms with Crippen molar-refractivity contribution in [3.63, 3.8) is 0 Å². The summed E-state index contributed by atoms with van der Waals surface area (Å²) in [7, 11) is 0. The molecule has 2 fully saturated rings. The lowest BCUT2D eigenvalue weighted by molar-refractivity contribution is -0.384. The van der Waals surface area contributed by atoms with Gasteiger partial charge in [0.15, 0.2) is 0 Å². The number of hydrogen-bond acceptors (Lipinski definition) is 4. The number of nitro groups is 1. The molecular formula is C15H13N3O4. The molecule has 2 amide bonds. The first-order chi connectivity index (χ1) is 10.6. The first kappa shape index (κ1) is 13.0. The quantitative estimate of drug-likeness (QED) is 0.507. The summed E-state index contributed by atoms with van der Waals surface area (Å²) in [5, 5.41) is 11.9. The number of amides is 2. The summed E-state index contributed by atoms with van der Waals surface area (Å²) < 4.78 is 0. The molecule has 3 aliphatic rings. The van der Waals surface area contributed by atoms with E-state index in [1.165, 1.54) is 29.3 Å². The summed E-state index contributed by atoms with van der Waals surface area (Å²) in [4.78, 5) is 35.2. The van der Waals surface area contributed by atoms with Crippen LogP contribution in [0.1, 0.15) is 6.42 Å². The predicted molar refractivity (Wildman–Crippen MR) is 76.4 cm³/mol. The second-order valence-corrected chi connectivity index (χ2v) is 5.92. The average Bonchev–Trinajstić information content (AvgIpc) is 3.12. The Labute approximate surface area is 125 Å². The van der Waals surface area contributed by atoms with Gasteiger partial charge in [0, 0.05) is 12.1 Å². The molecule has 0 spiro atoms. The Morgan fingerprint density at radius 3 is 2.36 bits per heavy atom. The molecule has 4 rings (SSSR count). The van der Waals surface area contributed by atoms with Gasteiger partial charge in [0.25, 0.3) is 5.69 Å². The Kier molecular flexibility index (Phi) is 2.60. The molecule has 22 heavy (non-hydrogen) atoms. The van der Waals surface area contributed by atoms with E-state index in [1.807, 2.05) is 12.2 Å². The summed E-state index contributed by atoms with van der Waals surface area (Å²) in [6, 6.07) is 5.59. The molecule has 4 unspecified atom stereocenters. The second-order valence-electron chi connectivity index (χ2n) is 5.92. The van der Waals surface area contributed by atoms with Crippen LogP contribution in [0.2, 0.25) is 0 Å². The number of hydrazine groups is 1. The molecule has 1 saturated heterocycles. The molecule has 1 saturated carbocycles. The van der Waals surface area contributed by atoms with Gasteiger partial charge in [-0.25, -0.2) is 5.01 Å². The third kappa shape index (κ3) is 1.68. The maximum Gasteiger partial charge on any atom is 0.269 e. The van der Waals surface area contributed by atoms with E-state index in [9.17, 15) is 19.7 Å². The van der Waals surface area contributed by atoms with Crippen molar-refractivity contribution in [3.05, 3.63) is 46.5 Å². The van der Waals surface area contributed by atoms with E-state index in [0.717, 1.165) is 6.42 Å². The van der Waals surface area contributed by atoms with Crippen LogP contribution in [0.4, 0.5) is 11.4 Å². The van der Waals surface area contributed by atoms with Gasteiger partial charge in [0.05, 0.1) is 22.4 Å². The van der Waals surface area contributed by atoms with Crippen LogP contribution < -0.4 is 10.4 Å². The number of rotatable bonds is 2. The molecule has 1 heterocycles. The summed E-state index contributed by atoms with van der Waals surface area (Å²) in [6.45, 7) is 0. The molecule has 0 aromatic heterocycles. The van der Waals surface area contributed by atoms with Crippen molar-refractivity contribution in [1.29, 1.82) is 0 Å². The van der Waals surface area contributed by atoms with E-state index < -0.39 is 4.92 Å². The predicted octanol–water partition coefficient (Wildman–Crippen LogP) is 1.41. The van der Waals surface area contributed by atoms with Gasteiger partial charge in [-0.05, 0) is 30.4 Å². The van der Waals surface area contributed by atoms with Gasteiger partial charge in [0.1, 0.15) is 0 Å². The van der Waals surface area contributed by atoms with Crippen LogP contribution in [0.15, 0.2) is 36.4 Å². The molecule has 4 atom stereocenters. The molecule has 1 aliphatic heterocycles. The van der Waals surface area contributed by atoms with Gasteiger partial charge in [-0.1, -0.05) is 12.2 Å². The molecule has 1 aromatic carbocycles. The molecule has 2 aliphatic carbocycles. The van der Waals surface area contributed by atoms with E-state index in [1.54, 1.807) is 0 Å². The average molecular weight is 299 g/mol. The van der Waals surface area contributed by atoms with Crippen LogP contribution >= 0.6 is 0 Å². The minimum atomic E-state index is -0.503. The Morgan fingerprint density at radius 2 is 1.73 bits per heavy atom. The molecule has 7 heteroatoms. The SMILES string of the molecule is O=C1NN(c2ccc([N+](=O)[O-])cc2)C(=O)C2C3C=CC(C3)C12.